The minimum absolute atomic E-state index is 0.0205. The number of hydrogen-bond acceptors (Lipinski definition) is 5. The summed E-state index contributed by atoms with van der Waals surface area (Å²) in [6.45, 7) is 0. The van der Waals surface area contributed by atoms with Crippen LogP contribution >= 0.6 is 11.8 Å². The lowest BCUT2D eigenvalue weighted by molar-refractivity contribution is -0.128. The van der Waals surface area contributed by atoms with Crippen molar-refractivity contribution in [3.63, 3.8) is 0 Å². The van der Waals surface area contributed by atoms with Gasteiger partial charge in [-0.25, -0.2) is 0 Å². The van der Waals surface area contributed by atoms with Gasteiger partial charge in [0, 0.05) is 34.0 Å². The third-order valence-corrected chi connectivity index (χ3v) is 4.79. The van der Waals surface area contributed by atoms with E-state index in [1.54, 1.807) is 23.6 Å². The molecule has 0 unspecified atom stereocenters. The maximum atomic E-state index is 12.6. The second-order valence-electron chi connectivity index (χ2n) is 5.57. The number of rotatable bonds is 7. The molecular formula is C16H21N5O2S. The average molecular weight is 347 g/mol. The molecule has 0 fully saturated rings. The highest BCUT2D eigenvalue weighted by atomic mass is 32.2. The van der Waals surface area contributed by atoms with Crippen molar-refractivity contribution in [2.24, 2.45) is 12.8 Å². The molecule has 0 saturated carbocycles. The van der Waals surface area contributed by atoms with Crippen LogP contribution in [0.1, 0.15) is 23.1 Å². The first kappa shape index (κ1) is 18.0. The molecule has 24 heavy (non-hydrogen) atoms. The lowest BCUT2D eigenvalue weighted by Crippen LogP contribution is -2.27. The van der Waals surface area contributed by atoms with Gasteiger partial charge in [-0.15, -0.1) is 10.2 Å². The van der Waals surface area contributed by atoms with Gasteiger partial charge >= 0.3 is 0 Å². The number of aryl methyl sites for hydroxylation is 1. The van der Waals surface area contributed by atoms with Gasteiger partial charge in [0.2, 0.25) is 11.8 Å². The topological polar surface area (TPSA) is 94.1 Å². The van der Waals surface area contributed by atoms with Crippen LogP contribution in [0.5, 0.6) is 0 Å². The maximum Gasteiger partial charge on any atom is 0.240 e. The summed E-state index contributed by atoms with van der Waals surface area (Å²) in [7, 11) is 5.28. The van der Waals surface area contributed by atoms with Gasteiger partial charge in [-0.05, 0) is 5.56 Å². The van der Waals surface area contributed by atoms with Crippen molar-refractivity contribution in [1.29, 1.82) is 0 Å². The minimum Gasteiger partial charge on any atom is -0.370 e. The Balaban J connectivity index is 2.24. The Morgan fingerprint density at radius 2 is 1.92 bits per heavy atom. The van der Waals surface area contributed by atoms with Crippen molar-refractivity contribution in [3.8, 4) is 0 Å². The molecule has 0 radical (unpaired) electrons. The van der Waals surface area contributed by atoms with Gasteiger partial charge in [0.05, 0.1) is 0 Å². The Kier molecular flexibility index (Phi) is 5.97. The van der Waals surface area contributed by atoms with Gasteiger partial charge in [-0.1, -0.05) is 42.1 Å². The van der Waals surface area contributed by atoms with Crippen LogP contribution in [-0.4, -0.2) is 45.6 Å². The maximum absolute atomic E-state index is 12.6. The number of amides is 2. The van der Waals surface area contributed by atoms with Crippen LogP contribution in [0.25, 0.3) is 0 Å². The predicted molar refractivity (Wildman–Crippen MR) is 92.3 cm³/mol. The molecule has 0 saturated heterocycles. The monoisotopic (exact) mass is 347 g/mol. The van der Waals surface area contributed by atoms with Crippen LogP contribution in [0.3, 0.4) is 0 Å². The van der Waals surface area contributed by atoms with Gasteiger partial charge in [-0.2, -0.15) is 0 Å². The van der Waals surface area contributed by atoms with Gasteiger partial charge < -0.3 is 15.2 Å². The van der Waals surface area contributed by atoms with Crippen molar-refractivity contribution in [2.75, 3.05) is 14.1 Å². The quantitative estimate of drug-likeness (QED) is 0.758. The number of hydrogen-bond donors (Lipinski definition) is 1. The molecule has 1 heterocycles. The number of carbonyl (C=O) groups excluding carboxylic acids is 2. The fraction of sp³-hybridized carbons (Fsp3) is 0.375. The van der Waals surface area contributed by atoms with E-state index in [1.165, 1.54) is 11.8 Å². The number of carbonyl (C=O) groups is 2. The summed E-state index contributed by atoms with van der Waals surface area (Å²) >= 11 is 1.34. The Bertz CT molecular complexity index is 715. The first-order valence-electron chi connectivity index (χ1n) is 7.49. The van der Waals surface area contributed by atoms with E-state index in [-0.39, 0.29) is 18.2 Å². The Labute approximate surface area is 145 Å². The summed E-state index contributed by atoms with van der Waals surface area (Å²) in [6, 6.07) is 9.56. The third kappa shape index (κ3) is 4.35. The van der Waals surface area contributed by atoms with Gasteiger partial charge in [0.25, 0.3) is 0 Å². The molecule has 2 amide bonds. The highest BCUT2D eigenvalue weighted by Crippen LogP contribution is 2.35. The number of primary amides is 1. The molecule has 128 valence electrons. The molecule has 0 bridgehead atoms. The summed E-state index contributed by atoms with van der Waals surface area (Å²) in [5.74, 6) is 0.269. The van der Waals surface area contributed by atoms with Crippen LogP contribution in [-0.2, 0) is 23.1 Å². The lowest BCUT2D eigenvalue weighted by Gasteiger charge is -2.20. The molecule has 8 heteroatoms. The van der Waals surface area contributed by atoms with Gasteiger partial charge in [0.15, 0.2) is 5.16 Å². The van der Waals surface area contributed by atoms with Crippen molar-refractivity contribution in [1.82, 2.24) is 19.7 Å². The van der Waals surface area contributed by atoms with E-state index < -0.39 is 5.25 Å². The summed E-state index contributed by atoms with van der Waals surface area (Å²) in [5, 5.41) is 8.47. The fourth-order valence-electron chi connectivity index (χ4n) is 2.13. The standard InChI is InChI=1S/C16H21N5O2S/c1-20(2)15(23)14(11-7-5-4-6-8-11)24-16-19-18-13(21(16)3)10-9-12(17)22/h4-8,14H,9-10H2,1-3H3,(H2,17,22)/t14-/m0/s1. The van der Waals surface area contributed by atoms with Crippen LogP contribution in [0.4, 0.5) is 0 Å². The van der Waals surface area contributed by atoms with Crippen molar-refractivity contribution in [3.05, 3.63) is 41.7 Å². The zero-order valence-corrected chi connectivity index (χ0v) is 14.8. The minimum atomic E-state index is -0.409. The van der Waals surface area contributed by atoms with E-state index in [0.29, 0.717) is 17.4 Å². The van der Waals surface area contributed by atoms with Crippen molar-refractivity contribution in [2.45, 2.75) is 23.2 Å². The number of aromatic nitrogens is 3. The summed E-state index contributed by atoms with van der Waals surface area (Å²) in [4.78, 5) is 25.1. The smallest absolute Gasteiger partial charge is 0.240 e. The first-order valence-corrected chi connectivity index (χ1v) is 8.37. The number of nitrogens with zero attached hydrogens (tertiary/aromatic N) is 4. The predicted octanol–water partition coefficient (Wildman–Crippen LogP) is 1.15. The second kappa shape index (κ2) is 7.96. The number of likely N-dealkylation sites (N-methyl/N-ethyl adjacent to an activating group) is 1. The Morgan fingerprint density at radius 3 is 2.50 bits per heavy atom. The van der Waals surface area contributed by atoms with E-state index in [9.17, 15) is 9.59 Å². The summed E-state index contributed by atoms with van der Waals surface area (Å²) in [6.07, 6.45) is 0.645. The zero-order valence-electron chi connectivity index (χ0n) is 14.0. The lowest BCUT2D eigenvalue weighted by atomic mass is 10.1. The molecule has 2 N–H and O–H groups in total. The highest BCUT2D eigenvalue weighted by Gasteiger charge is 2.26. The van der Waals surface area contributed by atoms with Crippen LogP contribution in [0.15, 0.2) is 35.5 Å². The number of nitrogens with two attached hydrogens (primary N) is 1. The molecule has 1 aromatic heterocycles. The normalized spacial score (nSPS) is 12.0. The largest absolute Gasteiger partial charge is 0.370 e. The van der Waals surface area contributed by atoms with E-state index >= 15 is 0 Å². The molecule has 0 aliphatic heterocycles. The molecule has 1 aromatic carbocycles. The molecule has 0 aliphatic rings. The van der Waals surface area contributed by atoms with Gasteiger partial charge in [0.1, 0.15) is 11.1 Å². The Hall–Kier alpha value is -2.35. The van der Waals surface area contributed by atoms with E-state index in [2.05, 4.69) is 10.2 Å². The van der Waals surface area contributed by atoms with Crippen LogP contribution < -0.4 is 5.73 Å². The van der Waals surface area contributed by atoms with E-state index in [0.717, 1.165) is 5.56 Å². The Morgan fingerprint density at radius 1 is 1.25 bits per heavy atom. The molecule has 1 atom stereocenters. The van der Waals surface area contributed by atoms with E-state index in [1.807, 2.05) is 37.4 Å². The zero-order chi connectivity index (χ0) is 17.7. The number of benzene rings is 1. The fourth-order valence-corrected chi connectivity index (χ4v) is 3.30. The first-order chi connectivity index (χ1) is 11.4. The summed E-state index contributed by atoms with van der Waals surface area (Å²) < 4.78 is 1.80. The number of thioether (sulfide) groups is 1. The average Bonchev–Trinajstić information content (AvgIpc) is 2.90. The molecule has 2 aromatic rings. The van der Waals surface area contributed by atoms with Crippen LogP contribution in [0, 0.1) is 0 Å². The SMILES string of the molecule is CN(C)C(=O)[C@@H](Sc1nnc(CCC(N)=O)n1C)c1ccccc1. The molecule has 0 aliphatic carbocycles. The molecule has 7 nitrogen and oxygen atoms in total. The third-order valence-electron chi connectivity index (χ3n) is 3.51. The van der Waals surface area contributed by atoms with Gasteiger partial charge in [-0.3, -0.25) is 9.59 Å². The molecular weight excluding hydrogens is 326 g/mol. The summed E-state index contributed by atoms with van der Waals surface area (Å²) in [5.41, 5.74) is 6.08. The second-order valence-corrected chi connectivity index (χ2v) is 6.64. The van der Waals surface area contributed by atoms with E-state index in [4.69, 9.17) is 5.73 Å². The highest BCUT2D eigenvalue weighted by molar-refractivity contribution is 8.00. The molecule has 0 spiro atoms. The van der Waals surface area contributed by atoms with Crippen molar-refractivity contribution < 1.29 is 9.59 Å². The van der Waals surface area contributed by atoms with Crippen LogP contribution in [0.2, 0.25) is 0 Å². The van der Waals surface area contributed by atoms with Crippen molar-refractivity contribution >= 4 is 23.6 Å². The molecule has 2 rings (SSSR count).